The van der Waals surface area contributed by atoms with Gasteiger partial charge in [0.05, 0.1) is 26.9 Å². The van der Waals surface area contributed by atoms with Gasteiger partial charge in [0, 0.05) is 24.3 Å². The van der Waals surface area contributed by atoms with Gasteiger partial charge in [-0.05, 0) is 42.3 Å². The first kappa shape index (κ1) is 23.1. The topological polar surface area (TPSA) is 94.2 Å². The lowest BCUT2D eigenvalue weighted by molar-refractivity contribution is 0.0729. The lowest BCUT2D eigenvalue weighted by Crippen LogP contribution is -2.40. The zero-order valence-corrected chi connectivity index (χ0v) is 18.8. The van der Waals surface area contributed by atoms with E-state index in [0.29, 0.717) is 42.7 Å². The third-order valence-corrected chi connectivity index (χ3v) is 6.61. The molecule has 8 nitrogen and oxygen atoms in total. The van der Waals surface area contributed by atoms with E-state index in [0.717, 1.165) is 0 Å². The van der Waals surface area contributed by atoms with Crippen LogP contribution in [-0.2, 0) is 14.8 Å². The largest absolute Gasteiger partial charge is 0.495 e. The second-order valence-corrected chi connectivity index (χ2v) is 9.48. The molecule has 0 spiro atoms. The van der Waals surface area contributed by atoms with Gasteiger partial charge in [-0.1, -0.05) is 19.9 Å². The predicted molar refractivity (Wildman–Crippen MR) is 117 cm³/mol. The highest BCUT2D eigenvalue weighted by Gasteiger charge is 2.29. The van der Waals surface area contributed by atoms with Gasteiger partial charge in [0.1, 0.15) is 16.4 Å². The van der Waals surface area contributed by atoms with Crippen molar-refractivity contribution in [1.29, 1.82) is 0 Å². The summed E-state index contributed by atoms with van der Waals surface area (Å²) in [6.45, 7) is 5.86. The summed E-state index contributed by atoms with van der Waals surface area (Å²) in [5, 5.41) is 2.76. The van der Waals surface area contributed by atoms with E-state index in [2.05, 4.69) is 5.32 Å². The fourth-order valence-electron chi connectivity index (χ4n) is 3.08. The highest BCUT2D eigenvalue weighted by molar-refractivity contribution is 7.89. The molecule has 2 aromatic carbocycles. The molecule has 0 saturated carbocycles. The van der Waals surface area contributed by atoms with Crippen molar-refractivity contribution in [2.45, 2.75) is 18.7 Å². The smallest absolute Gasteiger partial charge is 0.255 e. The number of carbonyl (C=O) groups excluding carboxylic acids is 1. The molecule has 3 rings (SSSR count). The second kappa shape index (κ2) is 10.1. The van der Waals surface area contributed by atoms with Crippen molar-refractivity contribution in [3.05, 3.63) is 48.0 Å². The van der Waals surface area contributed by atoms with Gasteiger partial charge in [0.25, 0.3) is 5.91 Å². The van der Waals surface area contributed by atoms with Crippen LogP contribution >= 0.6 is 0 Å². The fourth-order valence-corrected chi connectivity index (χ4v) is 4.66. The molecule has 1 amide bonds. The summed E-state index contributed by atoms with van der Waals surface area (Å²) in [5.41, 5.74) is 0.765. The minimum absolute atomic E-state index is 0.00344. The van der Waals surface area contributed by atoms with Crippen LogP contribution in [-0.4, -0.2) is 58.7 Å². The van der Waals surface area contributed by atoms with Crippen LogP contribution in [0.4, 0.5) is 5.69 Å². The van der Waals surface area contributed by atoms with Crippen LogP contribution in [0.5, 0.6) is 11.5 Å². The van der Waals surface area contributed by atoms with Crippen molar-refractivity contribution >= 4 is 21.6 Å². The molecule has 1 fully saturated rings. The number of hydrogen-bond donors (Lipinski definition) is 1. The fraction of sp³-hybridized carbons (Fsp3) is 0.409. The summed E-state index contributed by atoms with van der Waals surface area (Å²) in [5.74, 6) is 0.818. The maximum absolute atomic E-state index is 13.1. The van der Waals surface area contributed by atoms with E-state index >= 15 is 0 Å². The molecular weight excluding hydrogens is 420 g/mol. The van der Waals surface area contributed by atoms with Crippen LogP contribution in [0.2, 0.25) is 0 Å². The van der Waals surface area contributed by atoms with Crippen LogP contribution in [0.15, 0.2) is 47.4 Å². The number of benzene rings is 2. The van der Waals surface area contributed by atoms with Crippen molar-refractivity contribution in [3.63, 3.8) is 0 Å². The van der Waals surface area contributed by atoms with Gasteiger partial charge in [0.15, 0.2) is 0 Å². The maximum atomic E-state index is 13.1. The summed E-state index contributed by atoms with van der Waals surface area (Å²) < 4.78 is 43.8. The molecule has 1 aliphatic rings. The van der Waals surface area contributed by atoms with Crippen LogP contribution in [0, 0.1) is 5.92 Å². The third kappa shape index (κ3) is 5.75. The molecule has 0 atom stereocenters. The van der Waals surface area contributed by atoms with Gasteiger partial charge < -0.3 is 19.5 Å². The zero-order valence-electron chi connectivity index (χ0n) is 18.0. The lowest BCUT2D eigenvalue weighted by Gasteiger charge is -2.26. The Morgan fingerprint density at radius 3 is 2.58 bits per heavy atom. The summed E-state index contributed by atoms with van der Waals surface area (Å²) in [6.07, 6.45) is 0. The Kier molecular flexibility index (Phi) is 7.53. The molecule has 1 aliphatic heterocycles. The molecule has 1 heterocycles. The third-order valence-electron chi connectivity index (χ3n) is 4.69. The Bertz CT molecular complexity index is 1020. The van der Waals surface area contributed by atoms with Gasteiger partial charge in [-0.3, -0.25) is 4.79 Å². The van der Waals surface area contributed by atoms with Gasteiger partial charge in [-0.2, -0.15) is 4.31 Å². The van der Waals surface area contributed by atoms with Crippen molar-refractivity contribution in [2.24, 2.45) is 5.92 Å². The standard InChI is InChI=1S/C22H28N2O6S/c1-16(2)15-30-19-6-4-5-17(13-19)22(25)23-18-7-8-20(28-3)21(14-18)31(26,27)24-9-11-29-12-10-24/h4-8,13-14,16H,9-12,15H2,1-3H3,(H,23,25). The number of amides is 1. The van der Waals surface area contributed by atoms with Crippen molar-refractivity contribution < 1.29 is 27.4 Å². The number of rotatable bonds is 8. The Morgan fingerprint density at radius 1 is 1.16 bits per heavy atom. The number of nitrogens with zero attached hydrogens (tertiary/aromatic N) is 1. The summed E-state index contributed by atoms with van der Waals surface area (Å²) >= 11 is 0. The van der Waals surface area contributed by atoms with Crippen LogP contribution in [0.3, 0.4) is 0 Å². The number of hydrogen-bond acceptors (Lipinski definition) is 6. The van der Waals surface area contributed by atoms with Crippen LogP contribution in [0.1, 0.15) is 24.2 Å². The van der Waals surface area contributed by atoms with E-state index in [1.54, 1.807) is 30.3 Å². The van der Waals surface area contributed by atoms with Crippen molar-refractivity contribution in [2.75, 3.05) is 45.3 Å². The zero-order chi connectivity index (χ0) is 22.4. The quantitative estimate of drug-likeness (QED) is 0.667. The molecule has 0 aliphatic carbocycles. The van der Waals surface area contributed by atoms with E-state index in [-0.39, 0.29) is 29.6 Å². The normalized spacial score (nSPS) is 15.0. The van der Waals surface area contributed by atoms with Crippen molar-refractivity contribution in [1.82, 2.24) is 4.31 Å². The first-order valence-corrected chi connectivity index (χ1v) is 11.6. The first-order valence-electron chi connectivity index (χ1n) is 10.1. The number of sulfonamides is 1. The molecule has 2 aromatic rings. The molecule has 0 unspecified atom stereocenters. The molecule has 0 bridgehead atoms. The minimum Gasteiger partial charge on any atom is -0.495 e. The number of morpholine rings is 1. The molecule has 0 aromatic heterocycles. The van der Waals surface area contributed by atoms with Crippen LogP contribution < -0.4 is 14.8 Å². The van der Waals surface area contributed by atoms with Gasteiger partial charge in [0.2, 0.25) is 10.0 Å². The number of carbonyl (C=O) groups is 1. The van der Waals surface area contributed by atoms with E-state index < -0.39 is 10.0 Å². The Balaban J connectivity index is 1.82. The Hall–Kier alpha value is -2.62. The van der Waals surface area contributed by atoms with E-state index in [4.69, 9.17) is 14.2 Å². The molecule has 0 radical (unpaired) electrons. The average Bonchev–Trinajstić information content (AvgIpc) is 2.78. The maximum Gasteiger partial charge on any atom is 0.255 e. The van der Waals surface area contributed by atoms with Crippen LogP contribution in [0.25, 0.3) is 0 Å². The lowest BCUT2D eigenvalue weighted by atomic mass is 10.2. The molecule has 168 valence electrons. The number of methoxy groups -OCH3 is 1. The SMILES string of the molecule is COc1ccc(NC(=O)c2cccc(OCC(C)C)c2)cc1S(=O)(=O)N1CCOCC1. The number of anilines is 1. The number of ether oxygens (including phenoxy) is 3. The monoisotopic (exact) mass is 448 g/mol. The average molecular weight is 449 g/mol. The van der Waals surface area contributed by atoms with Gasteiger partial charge in [-0.25, -0.2) is 8.42 Å². The van der Waals surface area contributed by atoms with E-state index in [1.165, 1.54) is 23.5 Å². The highest BCUT2D eigenvalue weighted by Crippen LogP contribution is 2.30. The Morgan fingerprint density at radius 2 is 1.90 bits per heavy atom. The van der Waals surface area contributed by atoms with E-state index in [9.17, 15) is 13.2 Å². The number of nitrogens with one attached hydrogen (secondary N) is 1. The molecule has 1 saturated heterocycles. The first-order chi connectivity index (χ1) is 14.8. The summed E-state index contributed by atoms with van der Waals surface area (Å²) in [7, 11) is -2.38. The van der Waals surface area contributed by atoms with E-state index in [1.807, 2.05) is 13.8 Å². The second-order valence-electron chi connectivity index (χ2n) is 7.57. The van der Waals surface area contributed by atoms with Gasteiger partial charge >= 0.3 is 0 Å². The summed E-state index contributed by atoms with van der Waals surface area (Å²) in [4.78, 5) is 12.8. The molecule has 31 heavy (non-hydrogen) atoms. The molecule has 1 N–H and O–H groups in total. The minimum atomic E-state index is -3.79. The van der Waals surface area contributed by atoms with Crippen molar-refractivity contribution in [3.8, 4) is 11.5 Å². The Labute approximate surface area is 183 Å². The summed E-state index contributed by atoms with van der Waals surface area (Å²) in [6, 6.07) is 11.4. The predicted octanol–water partition coefficient (Wildman–Crippen LogP) is 3.00. The van der Waals surface area contributed by atoms with Gasteiger partial charge in [-0.15, -0.1) is 0 Å². The highest BCUT2D eigenvalue weighted by atomic mass is 32.2. The molecular formula is C22H28N2O6S. The molecule has 9 heteroatoms.